The van der Waals surface area contributed by atoms with Crippen LogP contribution >= 0.6 is 15.9 Å². The lowest BCUT2D eigenvalue weighted by Crippen LogP contribution is -2.31. The van der Waals surface area contributed by atoms with Gasteiger partial charge in [-0.3, -0.25) is 4.98 Å². The first-order valence-electron chi connectivity index (χ1n) is 7.42. The summed E-state index contributed by atoms with van der Waals surface area (Å²) in [5.74, 6) is 0. The Morgan fingerprint density at radius 3 is 2.86 bits per heavy atom. The van der Waals surface area contributed by atoms with Crippen molar-refractivity contribution in [2.75, 3.05) is 43.9 Å². The zero-order chi connectivity index (χ0) is 14.8. The Bertz CT molecular complexity index is 632. The molecule has 0 spiro atoms. The van der Waals surface area contributed by atoms with Crippen LogP contribution in [0.1, 0.15) is 12.8 Å². The molecule has 2 N–H and O–H groups in total. The molecular formula is C16H21BrN4. The summed E-state index contributed by atoms with van der Waals surface area (Å²) in [6, 6.07) is 6.14. The number of aromatic nitrogens is 1. The fourth-order valence-electron chi connectivity index (χ4n) is 3.00. The van der Waals surface area contributed by atoms with Crippen molar-refractivity contribution in [1.29, 1.82) is 0 Å². The molecule has 0 aliphatic carbocycles. The summed E-state index contributed by atoms with van der Waals surface area (Å²) in [4.78, 5) is 9.19. The predicted molar refractivity (Wildman–Crippen MR) is 92.8 cm³/mol. The molecule has 2 aromatic rings. The van der Waals surface area contributed by atoms with E-state index < -0.39 is 0 Å². The molecule has 1 fully saturated rings. The van der Waals surface area contributed by atoms with Gasteiger partial charge in [0.2, 0.25) is 0 Å². The monoisotopic (exact) mass is 348 g/mol. The van der Waals surface area contributed by atoms with E-state index in [1.54, 1.807) is 6.20 Å². The Labute approximate surface area is 134 Å². The summed E-state index contributed by atoms with van der Waals surface area (Å²) < 4.78 is 1.05. The average molecular weight is 349 g/mol. The van der Waals surface area contributed by atoms with Gasteiger partial charge >= 0.3 is 0 Å². The molecule has 0 unspecified atom stereocenters. The van der Waals surface area contributed by atoms with Gasteiger partial charge in [0.05, 0.1) is 23.1 Å². The molecule has 0 bridgehead atoms. The lowest BCUT2D eigenvalue weighted by atomic mass is 10.1. The Balaban J connectivity index is 1.86. The molecule has 1 aromatic heterocycles. The molecule has 3 rings (SSSR count). The second kappa shape index (κ2) is 6.20. The highest BCUT2D eigenvalue weighted by Crippen LogP contribution is 2.32. The number of benzene rings is 1. The number of rotatable bonds is 4. The molecule has 5 heteroatoms. The molecule has 1 aliphatic rings. The van der Waals surface area contributed by atoms with Crippen molar-refractivity contribution >= 4 is 38.2 Å². The van der Waals surface area contributed by atoms with Gasteiger partial charge in [-0.15, -0.1) is 0 Å². The van der Waals surface area contributed by atoms with Crippen LogP contribution in [-0.4, -0.2) is 43.1 Å². The van der Waals surface area contributed by atoms with Gasteiger partial charge in [0.15, 0.2) is 0 Å². The third-order valence-electron chi connectivity index (χ3n) is 4.16. The van der Waals surface area contributed by atoms with E-state index in [1.165, 1.54) is 25.9 Å². The van der Waals surface area contributed by atoms with Crippen LogP contribution in [0.5, 0.6) is 0 Å². The number of likely N-dealkylation sites (tertiary alicyclic amines) is 1. The van der Waals surface area contributed by atoms with Gasteiger partial charge in [0, 0.05) is 30.0 Å². The summed E-state index contributed by atoms with van der Waals surface area (Å²) in [5, 5.41) is 1.10. The lowest BCUT2D eigenvalue weighted by molar-refractivity contribution is 0.347. The Morgan fingerprint density at radius 2 is 2.10 bits per heavy atom. The van der Waals surface area contributed by atoms with Crippen molar-refractivity contribution in [3.63, 3.8) is 0 Å². The molecule has 0 atom stereocenters. The van der Waals surface area contributed by atoms with Crippen LogP contribution in [0.15, 0.2) is 28.9 Å². The molecule has 4 nitrogen and oxygen atoms in total. The molecule has 1 aliphatic heterocycles. The summed E-state index contributed by atoms with van der Waals surface area (Å²) in [6.45, 7) is 4.53. The second-order valence-corrected chi connectivity index (χ2v) is 6.61. The molecule has 0 saturated carbocycles. The van der Waals surface area contributed by atoms with Crippen LogP contribution in [0.2, 0.25) is 0 Å². The van der Waals surface area contributed by atoms with Crippen molar-refractivity contribution < 1.29 is 0 Å². The molecule has 21 heavy (non-hydrogen) atoms. The average Bonchev–Trinajstić information content (AvgIpc) is 2.98. The fourth-order valence-corrected chi connectivity index (χ4v) is 3.36. The quantitative estimate of drug-likeness (QED) is 0.921. The van der Waals surface area contributed by atoms with Crippen LogP contribution in [0.4, 0.5) is 11.4 Å². The van der Waals surface area contributed by atoms with Gasteiger partial charge in [0.1, 0.15) is 0 Å². The highest BCUT2D eigenvalue weighted by molar-refractivity contribution is 9.10. The SMILES string of the molecule is CN(CCN1CCCC1)c1c(N)cnc2ccc(Br)cc12. The first-order chi connectivity index (χ1) is 10.1. The summed E-state index contributed by atoms with van der Waals surface area (Å²) in [5.41, 5.74) is 8.99. The number of likely N-dealkylation sites (N-methyl/N-ethyl adjacent to an activating group) is 1. The first-order valence-corrected chi connectivity index (χ1v) is 8.21. The molecule has 0 radical (unpaired) electrons. The van der Waals surface area contributed by atoms with Crippen molar-refractivity contribution in [2.45, 2.75) is 12.8 Å². The lowest BCUT2D eigenvalue weighted by Gasteiger charge is -2.25. The predicted octanol–water partition coefficient (Wildman–Crippen LogP) is 3.11. The van der Waals surface area contributed by atoms with E-state index in [0.717, 1.165) is 39.8 Å². The maximum atomic E-state index is 6.19. The number of halogens is 1. The Hall–Kier alpha value is -1.33. The summed E-state index contributed by atoms with van der Waals surface area (Å²) >= 11 is 3.54. The van der Waals surface area contributed by atoms with Gasteiger partial charge in [-0.25, -0.2) is 0 Å². The van der Waals surface area contributed by atoms with Gasteiger partial charge in [-0.1, -0.05) is 15.9 Å². The standard InChI is InChI=1S/C16H21BrN4/c1-20(8-9-21-6-2-3-7-21)16-13-10-12(17)4-5-15(13)19-11-14(16)18/h4-5,10-11H,2-3,6-9,18H2,1H3. The first kappa shape index (κ1) is 14.6. The van der Waals surface area contributed by atoms with Crippen LogP contribution in [-0.2, 0) is 0 Å². The van der Waals surface area contributed by atoms with E-state index in [-0.39, 0.29) is 0 Å². The van der Waals surface area contributed by atoms with Crippen molar-refractivity contribution in [3.05, 3.63) is 28.9 Å². The Kier molecular flexibility index (Phi) is 4.31. The molecular weight excluding hydrogens is 328 g/mol. The second-order valence-electron chi connectivity index (χ2n) is 5.69. The number of nitrogens with two attached hydrogens (primary N) is 1. The normalized spacial score (nSPS) is 15.7. The zero-order valence-corrected chi connectivity index (χ0v) is 13.9. The van der Waals surface area contributed by atoms with Crippen LogP contribution in [0.25, 0.3) is 10.9 Å². The minimum atomic E-state index is 0.740. The molecule has 1 saturated heterocycles. The van der Waals surface area contributed by atoms with E-state index in [1.807, 2.05) is 12.1 Å². The molecule has 112 valence electrons. The third kappa shape index (κ3) is 3.14. The van der Waals surface area contributed by atoms with Gasteiger partial charge in [-0.2, -0.15) is 0 Å². The minimum absolute atomic E-state index is 0.740. The van der Waals surface area contributed by atoms with Crippen molar-refractivity contribution in [2.24, 2.45) is 0 Å². The van der Waals surface area contributed by atoms with E-state index in [0.29, 0.717) is 0 Å². The van der Waals surface area contributed by atoms with Crippen LogP contribution in [0, 0.1) is 0 Å². The number of pyridine rings is 1. The molecule has 1 aromatic carbocycles. The highest BCUT2D eigenvalue weighted by atomic mass is 79.9. The minimum Gasteiger partial charge on any atom is -0.396 e. The number of anilines is 2. The van der Waals surface area contributed by atoms with Crippen LogP contribution < -0.4 is 10.6 Å². The summed E-state index contributed by atoms with van der Waals surface area (Å²) in [6.07, 6.45) is 4.42. The number of nitrogen functional groups attached to an aromatic ring is 1. The smallest absolute Gasteiger partial charge is 0.0745 e. The number of fused-ring (bicyclic) bond motifs is 1. The highest BCUT2D eigenvalue weighted by Gasteiger charge is 2.15. The number of nitrogens with zero attached hydrogens (tertiary/aromatic N) is 3. The summed E-state index contributed by atoms with van der Waals surface area (Å²) in [7, 11) is 2.11. The molecule has 2 heterocycles. The van der Waals surface area contributed by atoms with Crippen LogP contribution in [0.3, 0.4) is 0 Å². The van der Waals surface area contributed by atoms with Crippen molar-refractivity contribution in [1.82, 2.24) is 9.88 Å². The van der Waals surface area contributed by atoms with Gasteiger partial charge in [0.25, 0.3) is 0 Å². The third-order valence-corrected chi connectivity index (χ3v) is 4.66. The number of hydrogen-bond donors (Lipinski definition) is 1. The van der Waals surface area contributed by atoms with E-state index in [9.17, 15) is 0 Å². The Morgan fingerprint density at radius 1 is 1.33 bits per heavy atom. The maximum Gasteiger partial charge on any atom is 0.0745 e. The molecule has 0 amide bonds. The topological polar surface area (TPSA) is 45.4 Å². The number of hydrogen-bond acceptors (Lipinski definition) is 4. The largest absolute Gasteiger partial charge is 0.396 e. The van der Waals surface area contributed by atoms with Crippen molar-refractivity contribution in [3.8, 4) is 0 Å². The maximum absolute atomic E-state index is 6.19. The zero-order valence-electron chi connectivity index (χ0n) is 12.3. The van der Waals surface area contributed by atoms with E-state index in [2.05, 4.69) is 43.8 Å². The van der Waals surface area contributed by atoms with E-state index in [4.69, 9.17) is 5.73 Å². The fraction of sp³-hybridized carbons (Fsp3) is 0.438. The van der Waals surface area contributed by atoms with Gasteiger partial charge in [-0.05, 0) is 44.1 Å². The van der Waals surface area contributed by atoms with E-state index >= 15 is 0 Å². The van der Waals surface area contributed by atoms with Gasteiger partial charge < -0.3 is 15.5 Å².